The van der Waals surface area contributed by atoms with Gasteiger partial charge in [0.1, 0.15) is 17.6 Å². The van der Waals surface area contributed by atoms with Crippen LogP contribution in [0.5, 0.6) is 5.75 Å². The number of carbonyl (C=O) groups is 1. The van der Waals surface area contributed by atoms with Crippen molar-refractivity contribution in [1.82, 2.24) is 4.90 Å². The SMILES string of the molecule is COC(=O)c1cc(C2CC2)c(OCC2CCN(C(C)c3cc(Cl)cc(Cl)c3C#N)CC2)cc1F. The molecule has 2 aromatic rings. The molecular formula is C26H27Cl2FN2O3. The second-order valence-corrected chi connectivity index (χ2v) is 9.91. The van der Waals surface area contributed by atoms with Crippen molar-refractivity contribution >= 4 is 29.2 Å². The van der Waals surface area contributed by atoms with E-state index in [4.69, 9.17) is 32.7 Å². The van der Waals surface area contributed by atoms with Crippen LogP contribution in [0.15, 0.2) is 24.3 Å². The van der Waals surface area contributed by atoms with E-state index in [9.17, 15) is 14.4 Å². The molecule has 0 radical (unpaired) electrons. The van der Waals surface area contributed by atoms with Crippen LogP contribution in [-0.2, 0) is 4.74 Å². The van der Waals surface area contributed by atoms with Crippen LogP contribution in [0.4, 0.5) is 4.39 Å². The number of nitriles is 1. The Morgan fingerprint density at radius 3 is 2.53 bits per heavy atom. The Balaban J connectivity index is 1.39. The quantitative estimate of drug-likeness (QED) is 0.401. The van der Waals surface area contributed by atoms with E-state index in [1.54, 1.807) is 12.1 Å². The monoisotopic (exact) mass is 504 g/mol. The van der Waals surface area contributed by atoms with Crippen LogP contribution in [0.2, 0.25) is 10.0 Å². The van der Waals surface area contributed by atoms with Gasteiger partial charge in [0, 0.05) is 17.1 Å². The lowest BCUT2D eigenvalue weighted by atomic mass is 9.94. The summed E-state index contributed by atoms with van der Waals surface area (Å²) in [4.78, 5) is 14.2. The van der Waals surface area contributed by atoms with E-state index >= 15 is 0 Å². The van der Waals surface area contributed by atoms with Crippen molar-refractivity contribution in [2.45, 2.75) is 44.6 Å². The van der Waals surface area contributed by atoms with Crippen molar-refractivity contribution in [2.75, 3.05) is 26.8 Å². The minimum atomic E-state index is -0.673. The van der Waals surface area contributed by atoms with Crippen molar-refractivity contribution in [2.24, 2.45) is 5.92 Å². The van der Waals surface area contributed by atoms with Gasteiger partial charge >= 0.3 is 5.97 Å². The molecule has 1 saturated carbocycles. The number of methoxy groups -OCH3 is 1. The number of halogens is 3. The standard InChI is InChI=1S/C26H27Cl2FN2O3/c1-15(19-9-18(27)10-23(28)22(19)13-30)31-7-5-16(6-8-31)14-34-25-12-24(29)21(26(32)33-2)11-20(25)17-3-4-17/h9-12,15-17H,3-8,14H2,1-2H3. The summed E-state index contributed by atoms with van der Waals surface area (Å²) in [5, 5.41) is 10.4. The zero-order valence-corrected chi connectivity index (χ0v) is 20.8. The molecule has 0 amide bonds. The summed E-state index contributed by atoms with van der Waals surface area (Å²) < 4.78 is 25.3. The zero-order chi connectivity index (χ0) is 24.4. The Bertz CT molecular complexity index is 1120. The fourth-order valence-corrected chi connectivity index (χ4v) is 5.18. The molecule has 1 heterocycles. The summed E-state index contributed by atoms with van der Waals surface area (Å²) in [6, 6.07) is 8.53. The molecule has 2 aromatic carbocycles. The van der Waals surface area contributed by atoms with Crippen LogP contribution >= 0.6 is 23.2 Å². The van der Waals surface area contributed by atoms with E-state index in [-0.39, 0.29) is 11.6 Å². The topological polar surface area (TPSA) is 62.6 Å². The number of hydrogen-bond donors (Lipinski definition) is 0. The normalized spacial score (nSPS) is 17.8. The average molecular weight is 505 g/mol. The van der Waals surface area contributed by atoms with Crippen LogP contribution in [0.1, 0.15) is 71.6 Å². The summed E-state index contributed by atoms with van der Waals surface area (Å²) in [6.45, 7) is 4.24. The molecule has 1 saturated heterocycles. The molecule has 1 atom stereocenters. The first-order chi connectivity index (χ1) is 16.3. The van der Waals surface area contributed by atoms with E-state index in [1.165, 1.54) is 13.2 Å². The Hall–Kier alpha value is -2.33. The summed E-state index contributed by atoms with van der Waals surface area (Å²) in [7, 11) is 1.25. The minimum Gasteiger partial charge on any atom is -0.493 e. The maximum atomic E-state index is 14.5. The van der Waals surface area contributed by atoms with Crippen molar-refractivity contribution in [3.05, 3.63) is 62.4 Å². The van der Waals surface area contributed by atoms with Crippen molar-refractivity contribution in [3.8, 4) is 11.8 Å². The molecule has 1 aliphatic heterocycles. The number of nitrogens with zero attached hydrogens (tertiary/aromatic N) is 2. The third-order valence-corrected chi connectivity index (χ3v) is 7.36. The largest absolute Gasteiger partial charge is 0.493 e. The predicted molar refractivity (Wildman–Crippen MR) is 129 cm³/mol. The van der Waals surface area contributed by atoms with E-state index in [2.05, 4.69) is 17.9 Å². The van der Waals surface area contributed by atoms with Gasteiger partial charge in [-0.2, -0.15) is 5.26 Å². The molecule has 0 bridgehead atoms. The van der Waals surface area contributed by atoms with Crippen LogP contribution in [-0.4, -0.2) is 37.7 Å². The number of rotatable bonds is 7. The lowest BCUT2D eigenvalue weighted by molar-refractivity contribution is 0.0595. The molecule has 34 heavy (non-hydrogen) atoms. The van der Waals surface area contributed by atoms with Gasteiger partial charge in [-0.3, -0.25) is 4.90 Å². The highest BCUT2D eigenvalue weighted by Crippen LogP contribution is 2.45. The number of piperidine rings is 1. The van der Waals surface area contributed by atoms with Crippen LogP contribution in [0.25, 0.3) is 0 Å². The molecule has 180 valence electrons. The fourth-order valence-electron chi connectivity index (χ4n) is 4.63. The number of carbonyl (C=O) groups excluding carboxylic acids is 1. The predicted octanol–water partition coefficient (Wildman–Crippen LogP) is 6.52. The first-order valence-electron chi connectivity index (χ1n) is 11.5. The highest BCUT2D eigenvalue weighted by Gasteiger charge is 2.31. The molecule has 1 unspecified atom stereocenters. The Kier molecular flexibility index (Phi) is 7.67. The third-order valence-electron chi connectivity index (χ3n) is 6.84. The van der Waals surface area contributed by atoms with E-state index in [0.717, 1.165) is 49.9 Å². The summed E-state index contributed by atoms with van der Waals surface area (Å²) in [5.41, 5.74) is 2.14. The van der Waals surface area contributed by atoms with Gasteiger partial charge in [0.25, 0.3) is 0 Å². The van der Waals surface area contributed by atoms with E-state index < -0.39 is 11.8 Å². The molecule has 4 rings (SSSR count). The minimum absolute atomic E-state index is 0.00847. The molecule has 2 fully saturated rings. The Morgan fingerprint density at radius 2 is 1.91 bits per heavy atom. The molecular weight excluding hydrogens is 478 g/mol. The number of esters is 1. The van der Waals surface area contributed by atoms with Crippen molar-refractivity contribution < 1.29 is 18.7 Å². The van der Waals surface area contributed by atoms with E-state index in [1.807, 2.05) is 6.07 Å². The summed E-state index contributed by atoms with van der Waals surface area (Å²) in [6.07, 6.45) is 3.86. The van der Waals surface area contributed by atoms with Crippen LogP contribution in [0, 0.1) is 23.1 Å². The molecule has 0 aromatic heterocycles. The highest BCUT2D eigenvalue weighted by atomic mass is 35.5. The second kappa shape index (κ2) is 10.5. The van der Waals surface area contributed by atoms with Crippen molar-refractivity contribution in [3.63, 3.8) is 0 Å². The Morgan fingerprint density at radius 1 is 1.21 bits per heavy atom. The van der Waals surface area contributed by atoms with Crippen molar-refractivity contribution in [1.29, 1.82) is 5.26 Å². The first-order valence-corrected chi connectivity index (χ1v) is 12.3. The zero-order valence-electron chi connectivity index (χ0n) is 19.2. The highest BCUT2D eigenvalue weighted by molar-refractivity contribution is 6.35. The number of benzene rings is 2. The lowest BCUT2D eigenvalue weighted by Gasteiger charge is -2.36. The average Bonchev–Trinajstić information content (AvgIpc) is 3.67. The third kappa shape index (κ3) is 5.33. The number of likely N-dealkylation sites (tertiary alicyclic amines) is 1. The molecule has 2 aliphatic rings. The first kappa shape index (κ1) is 24.8. The lowest BCUT2D eigenvalue weighted by Crippen LogP contribution is -2.37. The summed E-state index contributed by atoms with van der Waals surface area (Å²) >= 11 is 12.4. The van der Waals surface area contributed by atoms with Gasteiger partial charge in [0.2, 0.25) is 0 Å². The molecule has 0 N–H and O–H groups in total. The Labute approximate surface area is 209 Å². The van der Waals surface area contributed by atoms with Gasteiger partial charge in [-0.15, -0.1) is 0 Å². The smallest absolute Gasteiger partial charge is 0.340 e. The number of hydrogen-bond acceptors (Lipinski definition) is 5. The van der Waals surface area contributed by atoms with Crippen LogP contribution < -0.4 is 4.74 Å². The van der Waals surface area contributed by atoms with Gasteiger partial charge in [0.15, 0.2) is 0 Å². The van der Waals surface area contributed by atoms with E-state index in [0.29, 0.717) is 39.8 Å². The van der Waals surface area contributed by atoms with Gasteiger partial charge in [-0.1, -0.05) is 23.2 Å². The molecule has 5 nitrogen and oxygen atoms in total. The maximum Gasteiger partial charge on any atom is 0.340 e. The molecule has 8 heteroatoms. The number of ether oxygens (including phenoxy) is 2. The molecule has 0 spiro atoms. The fraction of sp³-hybridized carbons (Fsp3) is 0.462. The maximum absolute atomic E-state index is 14.5. The van der Waals surface area contributed by atoms with Gasteiger partial charge in [-0.25, -0.2) is 9.18 Å². The summed E-state index contributed by atoms with van der Waals surface area (Å²) in [5.74, 6) is -0.134. The van der Waals surface area contributed by atoms with Gasteiger partial charge < -0.3 is 9.47 Å². The second-order valence-electron chi connectivity index (χ2n) is 9.07. The van der Waals surface area contributed by atoms with Gasteiger partial charge in [-0.05, 0) is 86.9 Å². The van der Waals surface area contributed by atoms with Crippen LogP contribution in [0.3, 0.4) is 0 Å². The molecule has 1 aliphatic carbocycles. The van der Waals surface area contributed by atoms with Gasteiger partial charge in [0.05, 0.1) is 29.9 Å².